The standard InChI is InChI=1S/C32H37ClN8O3/c1-37(2)30(43)27-21-38(3)19-20-40(27)29(42)22-6-12-25(13-7-22)34-31-35-28-26(5-4-16-41(28)36-31)39-17-14-32(44,15-18-39)23-8-10-24(33)11-9-23/h4-13,16,27,44H,14-15,17-21H2,1-3H3,(H,34,36). The average molecular weight is 617 g/mol. The number of amides is 2. The van der Waals surface area contributed by atoms with E-state index < -0.39 is 11.6 Å². The third-order valence-corrected chi connectivity index (χ3v) is 8.86. The Balaban J connectivity index is 1.14. The number of piperazine rings is 1. The van der Waals surface area contributed by atoms with Crippen LogP contribution in [0.5, 0.6) is 0 Å². The van der Waals surface area contributed by atoms with Crippen LogP contribution in [0, 0.1) is 0 Å². The van der Waals surface area contributed by atoms with Gasteiger partial charge in [0.1, 0.15) is 6.04 Å². The first-order chi connectivity index (χ1) is 21.1. The van der Waals surface area contributed by atoms with Gasteiger partial charge >= 0.3 is 0 Å². The van der Waals surface area contributed by atoms with Gasteiger partial charge in [0.05, 0.1) is 11.3 Å². The molecule has 2 saturated heterocycles. The molecule has 2 aliphatic heterocycles. The van der Waals surface area contributed by atoms with E-state index in [1.165, 1.54) is 4.90 Å². The van der Waals surface area contributed by atoms with E-state index in [1.807, 2.05) is 61.8 Å². The first kappa shape index (κ1) is 29.9. The molecule has 2 aromatic heterocycles. The number of carbonyl (C=O) groups excluding carboxylic acids is 2. The zero-order valence-electron chi connectivity index (χ0n) is 25.2. The second-order valence-electron chi connectivity index (χ2n) is 11.8. The minimum absolute atomic E-state index is 0.0812. The molecule has 2 fully saturated rings. The predicted octanol–water partition coefficient (Wildman–Crippen LogP) is 3.46. The summed E-state index contributed by atoms with van der Waals surface area (Å²) in [7, 11) is 5.39. The fraction of sp³-hybridized carbons (Fsp3) is 0.375. The maximum atomic E-state index is 13.4. The van der Waals surface area contributed by atoms with Crippen LogP contribution >= 0.6 is 11.6 Å². The molecule has 2 aromatic carbocycles. The van der Waals surface area contributed by atoms with Gasteiger partial charge in [-0.1, -0.05) is 23.7 Å². The van der Waals surface area contributed by atoms with Crippen molar-refractivity contribution >= 4 is 46.4 Å². The summed E-state index contributed by atoms with van der Waals surface area (Å²) in [6.07, 6.45) is 3.02. The molecule has 2 amide bonds. The van der Waals surface area contributed by atoms with Gasteiger partial charge in [-0.3, -0.25) is 9.59 Å². The number of carbonyl (C=O) groups is 2. The fourth-order valence-corrected chi connectivity index (χ4v) is 6.15. The van der Waals surface area contributed by atoms with Crippen LogP contribution in [0.2, 0.25) is 5.02 Å². The Bertz CT molecular complexity index is 1650. The van der Waals surface area contributed by atoms with Crippen molar-refractivity contribution in [3.8, 4) is 0 Å². The van der Waals surface area contributed by atoms with Crippen molar-refractivity contribution in [2.45, 2.75) is 24.5 Å². The topological polar surface area (TPSA) is 110 Å². The number of aliphatic hydroxyl groups is 1. The van der Waals surface area contributed by atoms with Gasteiger partial charge in [-0.25, -0.2) is 4.52 Å². The molecule has 1 unspecified atom stereocenters. The van der Waals surface area contributed by atoms with Crippen LogP contribution in [-0.4, -0.2) is 106 Å². The molecule has 2 N–H and O–H groups in total. The van der Waals surface area contributed by atoms with Gasteiger partial charge in [0, 0.05) is 69.3 Å². The van der Waals surface area contributed by atoms with E-state index in [9.17, 15) is 14.7 Å². The molecule has 0 aliphatic carbocycles. The first-order valence-electron chi connectivity index (χ1n) is 14.8. The number of fused-ring (bicyclic) bond motifs is 1. The zero-order chi connectivity index (χ0) is 31.0. The lowest BCUT2D eigenvalue weighted by Crippen LogP contribution is -2.59. The second-order valence-corrected chi connectivity index (χ2v) is 12.3. The van der Waals surface area contributed by atoms with E-state index >= 15 is 0 Å². The first-order valence-corrected chi connectivity index (χ1v) is 15.2. The van der Waals surface area contributed by atoms with Crippen LogP contribution in [-0.2, 0) is 10.4 Å². The van der Waals surface area contributed by atoms with E-state index in [-0.39, 0.29) is 11.8 Å². The van der Waals surface area contributed by atoms with Crippen LogP contribution < -0.4 is 10.2 Å². The molecule has 12 heteroatoms. The SMILES string of the molecule is CN1CCN(C(=O)c2ccc(Nc3nc4c(N5CCC(O)(c6ccc(Cl)cc6)CC5)cccn4n3)cc2)C(C(=O)N(C)C)C1. The van der Waals surface area contributed by atoms with Crippen LogP contribution in [0.1, 0.15) is 28.8 Å². The molecule has 230 valence electrons. The molecule has 0 spiro atoms. The molecule has 4 heterocycles. The van der Waals surface area contributed by atoms with Gasteiger partial charge in [-0.05, 0) is 74.0 Å². The number of likely N-dealkylation sites (N-methyl/N-ethyl adjacent to an activating group) is 2. The van der Waals surface area contributed by atoms with Crippen LogP contribution in [0.15, 0.2) is 66.9 Å². The van der Waals surface area contributed by atoms with Crippen molar-refractivity contribution in [3.05, 3.63) is 83.0 Å². The number of aromatic nitrogens is 3. The average Bonchev–Trinajstić information content (AvgIpc) is 3.44. The molecule has 0 saturated carbocycles. The van der Waals surface area contributed by atoms with Gasteiger partial charge in [0.2, 0.25) is 11.9 Å². The number of benzene rings is 2. The molecule has 2 aliphatic rings. The van der Waals surface area contributed by atoms with Crippen molar-refractivity contribution < 1.29 is 14.7 Å². The lowest BCUT2D eigenvalue weighted by molar-refractivity contribution is -0.135. The highest BCUT2D eigenvalue weighted by Gasteiger charge is 2.36. The molecular formula is C32H37ClN8O3. The van der Waals surface area contributed by atoms with Crippen molar-refractivity contribution in [2.75, 3.05) is 64.1 Å². The largest absolute Gasteiger partial charge is 0.385 e. The highest BCUT2D eigenvalue weighted by Crippen LogP contribution is 2.36. The fourth-order valence-electron chi connectivity index (χ4n) is 6.02. The Kier molecular flexibility index (Phi) is 8.19. The summed E-state index contributed by atoms with van der Waals surface area (Å²) in [5.41, 5.74) is 2.90. The van der Waals surface area contributed by atoms with Gasteiger partial charge in [0.25, 0.3) is 5.91 Å². The van der Waals surface area contributed by atoms with Crippen molar-refractivity contribution in [1.29, 1.82) is 0 Å². The van der Waals surface area contributed by atoms with Gasteiger partial charge in [0.15, 0.2) is 5.65 Å². The van der Waals surface area contributed by atoms with E-state index in [4.69, 9.17) is 16.6 Å². The molecule has 11 nitrogen and oxygen atoms in total. The van der Waals surface area contributed by atoms with Gasteiger partial charge < -0.3 is 30.0 Å². The van der Waals surface area contributed by atoms with Crippen LogP contribution in [0.4, 0.5) is 17.3 Å². The van der Waals surface area contributed by atoms with Gasteiger partial charge in [-0.15, -0.1) is 5.10 Å². The summed E-state index contributed by atoms with van der Waals surface area (Å²) in [5.74, 6) is 0.189. The van der Waals surface area contributed by atoms with E-state index in [1.54, 1.807) is 35.6 Å². The number of hydrogen-bond acceptors (Lipinski definition) is 8. The number of hydrogen-bond donors (Lipinski definition) is 2. The maximum Gasteiger partial charge on any atom is 0.254 e. The lowest BCUT2D eigenvalue weighted by Gasteiger charge is -2.40. The Morgan fingerprint density at radius 1 is 1.00 bits per heavy atom. The number of nitrogens with one attached hydrogen (secondary N) is 1. The Hall–Kier alpha value is -4.19. The highest BCUT2D eigenvalue weighted by molar-refractivity contribution is 6.30. The number of anilines is 3. The maximum absolute atomic E-state index is 13.4. The van der Waals surface area contributed by atoms with E-state index in [0.717, 1.165) is 16.9 Å². The molecule has 1 atom stereocenters. The summed E-state index contributed by atoms with van der Waals surface area (Å²) < 4.78 is 1.74. The summed E-state index contributed by atoms with van der Waals surface area (Å²) in [6.45, 7) is 3.04. The highest BCUT2D eigenvalue weighted by atomic mass is 35.5. The number of rotatable bonds is 6. The molecule has 0 bridgehead atoms. The quantitative estimate of drug-likeness (QED) is 0.339. The zero-order valence-corrected chi connectivity index (χ0v) is 25.9. The third kappa shape index (κ3) is 5.95. The minimum atomic E-state index is -0.896. The minimum Gasteiger partial charge on any atom is -0.385 e. The molecule has 0 radical (unpaired) electrons. The second kappa shape index (κ2) is 12.1. The lowest BCUT2D eigenvalue weighted by atomic mass is 9.84. The third-order valence-electron chi connectivity index (χ3n) is 8.61. The van der Waals surface area contributed by atoms with E-state index in [2.05, 4.69) is 20.2 Å². The van der Waals surface area contributed by atoms with E-state index in [0.29, 0.717) is 67.7 Å². The molecular weight excluding hydrogens is 580 g/mol. The smallest absolute Gasteiger partial charge is 0.254 e. The Morgan fingerprint density at radius 3 is 2.39 bits per heavy atom. The van der Waals surface area contributed by atoms with Crippen molar-refractivity contribution in [1.82, 2.24) is 29.3 Å². The number of halogens is 1. The monoisotopic (exact) mass is 616 g/mol. The molecule has 44 heavy (non-hydrogen) atoms. The summed E-state index contributed by atoms with van der Waals surface area (Å²) in [5, 5.41) is 19.8. The van der Waals surface area contributed by atoms with Gasteiger partial charge in [-0.2, -0.15) is 4.98 Å². The normalized spacial score (nSPS) is 18.8. The number of nitrogens with zero attached hydrogens (tertiary/aromatic N) is 7. The number of pyridine rings is 1. The summed E-state index contributed by atoms with van der Waals surface area (Å²) in [4.78, 5) is 38.5. The summed E-state index contributed by atoms with van der Waals surface area (Å²) >= 11 is 6.04. The summed E-state index contributed by atoms with van der Waals surface area (Å²) in [6, 6.07) is 18.0. The number of piperidine rings is 1. The van der Waals surface area contributed by atoms with Crippen molar-refractivity contribution in [2.24, 2.45) is 0 Å². The molecule has 4 aromatic rings. The predicted molar refractivity (Wildman–Crippen MR) is 171 cm³/mol. The van der Waals surface area contributed by atoms with Crippen molar-refractivity contribution in [3.63, 3.8) is 0 Å². The van der Waals surface area contributed by atoms with Crippen LogP contribution in [0.25, 0.3) is 5.65 Å². The Labute approximate surface area is 261 Å². The van der Waals surface area contributed by atoms with Crippen LogP contribution in [0.3, 0.4) is 0 Å². The molecule has 6 rings (SSSR count). The Morgan fingerprint density at radius 2 is 1.70 bits per heavy atom.